The summed E-state index contributed by atoms with van der Waals surface area (Å²) in [5, 5.41) is 19.0. The Hall–Kier alpha value is -0.120. The van der Waals surface area contributed by atoms with Crippen molar-refractivity contribution in [1.82, 2.24) is 0 Å². The first kappa shape index (κ1) is 9.96. The highest BCUT2D eigenvalue weighted by molar-refractivity contribution is 4.87. The minimum atomic E-state index is -0.734. The smallest absolute Gasteiger partial charge is 0.106 e. The van der Waals surface area contributed by atoms with E-state index in [1.807, 2.05) is 13.8 Å². The van der Waals surface area contributed by atoms with Crippen molar-refractivity contribution in [3.8, 4) is 0 Å². The lowest BCUT2D eigenvalue weighted by molar-refractivity contribution is -0.190. The van der Waals surface area contributed by atoms with Gasteiger partial charge in [0.05, 0.1) is 18.3 Å². The van der Waals surface area contributed by atoms with Crippen molar-refractivity contribution in [2.75, 3.05) is 0 Å². The molecule has 1 aliphatic heterocycles. The maximum Gasteiger partial charge on any atom is 0.106 e. The zero-order valence-electron chi connectivity index (χ0n) is 7.90. The van der Waals surface area contributed by atoms with E-state index in [9.17, 15) is 10.2 Å². The first-order valence-electron chi connectivity index (χ1n) is 4.59. The summed E-state index contributed by atoms with van der Waals surface area (Å²) < 4.78 is 5.52. The molecule has 0 radical (unpaired) electrons. The molecule has 1 aliphatic rings. The second kappa shape index (κ2) is 3.73. The number of aliphatic hydroxyl groups excluding tert-OH is 2. The molecule has 0 aromatic carbocycles. The molecule has 3 nitrogen and oxygen atoms in total. The van der Waals surface area contributed by atoms with Crippen LogP contribution in [0.5, 0.6) is 0 Å². The Morgan fingerprint density at radius 3 is 2.25 bits per heavy atom. The lowest BCUT2D eigenvalue weighted by Gasteiger charge is -2.40. The molecule has 0 bridgehead atoms. The van der Waals surface area contributed by atoms with E-state index >= 15 is 0 Å². The lowest BCUT2D eigenvalue weighted by atomic mass is 9.87. The molecule has 0 aromatic heterocycles. The number of ether oxygens (including phenoxy) is 1. The minimum absolute atomic E-state index is 0.0289. The Kier molecular flexibility index (Phi) is 3.09. The molecular weight excluding hydrogens is 156 g/mol. The highest BCUT2D eigenvalue weighted by Crippen LogP contribution is 2.27. The van der Waals surface area contributed by atoms with Gasteiger partial charge in [0.2, 0.25) is 0 Å². The summed E-state index contributed by atoms with van der Waals surface area (Å²) in [6, 6.07) is 0. The largest absolute Gasteiger partial charge is 0.390 e. The normalized spacial score (nSPS) is 49.2. The highest BCUT2D eigenvalue weighted by atomic mass is 16.5. The molecule has 0 aromatic rings. The minimum Gasteiger partial charge on any atom is -0.390 e. The Bertz CT molecular complexity index is 144. The van der Waals surface area contributed by atoms with Gasteiger partial charge in [0.25, 0.3) is 0 Å². The summed E-state index contributed by atoms with van der Waals surface area (Å²) in [5.41, 5.74) is 0. The fraction of sp³-hybridized carbons (Fsp3) is 1.00. The van der Waals surface area contributed by atoms with Gasteiger partial charge in [-0.1, -0.05) is 13.8 Å². The molecular formula is C9H18O3. The quantitative estimate of drug-likeness (QED) is 0.610. The Morgan fingerprint density at radius 2 is 1.75 bits per heavy atom. The molecule has 0 saturated carbocycles. The highest BCUT2D eigenvalue weighted by Gasteiger charge is 2.38. The van der Waals surface area contributed by atoms with Gasteiger partial charge in [0.1, 0.15) is 6.10 Å². The van der Waals surface area contributed by atoms with Gasteiger partial charge in [-0.05, 0) is 13.3 Å². The maximum absolute atomic E-state index is 9.59. The molecule has 3 heteroatoms. The van der Waals surface area contributed by atoms with Crippen LogP contribution in [0.3, 0.4) is 0 Å². The Balaban J connectivity index is 2.63. The van der Waals surface area contributed by atoms with Crippen LogP contribution in [-0.2, 0) is 4.74 Å². The predicted molar refractivity (Wildman–Crippen MR) is 45.8 cm³/mol. The van der Waals surface area contributed by atoms with E-state index in [1.54, 1.807) is 6.92 Å². The molecule has 1 rings (SSSR count). The third-order valence-corrected chi connectivity index (χ3v) is 2.75. The summed E-state index contributed by atoms with van der Waals surface area (Å²) in [7, 11) is 0. The predicted octanol–water partition coefficient (Wildman–Crippen LogP) is 0.542. The van der Waals surface area contributed by atoms with Gasteiger partial charge in [-0.3, -0.25) is 0 Å². The van der Waals surface area contributed by atoms with Crippen molar-refractivity contribution in [2.45, 2.75) is 51.6 Å². The summed E-state index contributed by atoms with van der Waals surface area (Å²) in [6.45, 7) is 5.73. The van der Waals surface area contributed by atoms with Gasteiger partial charge < -0.3 is 14.9 Å². The number of rotatable bonds is 1. The van der Waals surface area contributed by atoms with Gasteiger partial charge in [-0.25, -0.2) is 0 Å². The molecule has 12 heavy (non-hydrogen) atoms. The molecule has 72 valence electrons. The van der Waals surface area contributed by atoms with Crippen LogP contribution in [0.4, 0.5) is 0 Å². The zero-order chi connectivity index (χ0) is 9.30. The van der Waals surface area contributed by atoms with Gasteiger partial charge in [-0.2, -0.15) is 0 Å². The third-order valence-electron chi connectivity index (χ3n) is 2.75. The Morgan fingerprint density at radius 1 is 1.17 bits per heavy atom. The number of hydrogen-bond donors (Lipinski definition) is 2. The summed E-state index contributed by atoms with van der Waals surface area (Å²) in [4.78, 5) is 0. The number of hydrogen-bond acceptors (Lipinski definition) is 3. The average molecular weight is 174 g/mol. The monoisotopic (exact) mass is 174 g/mol. The molecule has 0 aliphatic carbocycles. The van der Waals surface area contributed by atoms with Gasteiger partial charge in [0, 0.05) is 5.92 Å². The molecule has 1 saturated heterocycles. The zero-order valence-corrected chi connectivity index (χ0v) is 7.90. The van der Waals surface area contributed by atoms with E-state index in [0.717, 1.165) is 6.42 Å². The molecule has 0 amide bonds. The van der Waals surface area contributed by atoms with E-state index in [2.05, 4.69) is 0 Å². The lowest BCUT2D eigenvalue weighted by Crippen LogP contribution is -2.52. The molecule has 2 N–H and O–H groups in total. The Labute approximate surface area is 73.4 Å². The van der Waals surface area contributed by atoms with Crippen LogP contribution >= 0.6 is 0 Å². The van der Waals surface area contributed by atoms with Crippen LogP contribution < -0.4 is 0 Å². The SMILES string of the molecule is CC[C@H]1O[C@H](C)[C@@H](O)[C@@H](O)[C@@H]1C. The summed E-state index contributed by atoms with van der Waals surface area (Å²) in [5.74, 6) is 0.0289. The molecule has 1 fully saturated rings. The number of aliphatic hydroxyl groups is 2. The van der Waals surface area contributed by atoms with Crippen molar-refractivity contribution in [3.05, 3.63) is 0 Å². The van der Waals surface area contributed by atoms with Crippen LogP contribution in [0.25, 0.3) is 0 Å². The molecule has 0 unspecified atom stereocenters. The van der Waals surface area contributed by atoms with Gasteiger partial charge in [0.15, 0.2) is 0 Å². The summed E-state index contributed by atoms with van der Waals surface area (Å²) >= 11 is 0. The molecule has 5 atom stereocenters. The van der Waals surface area contributed by atoms with Crippen molar-refractivity contribution >= 4 is 0 Å². The van der Waals surface area contributed by atoms with E-state index in [0.29, 0.717) is 0 Å². The topological polar surface area (TPSA) is 49.7 Å². The van der Waals surface area contributed by atoms with Crippen LogP contribution in [0.1, 0.15) is 27.2 Å². The van der Waals surface area contributed by atoms with Crippen LogP contribution in [-0.4, -0.2) is 34.6 Å². The fourth-order valence-corrected chi connectivity index (χ4v) is 1.76. The van der Waals surface area contributed by atoms with Gasteiger partial charge in [-0.15, -0.1) is 0 Å². The fourth-order valence-electron chi connectivity index (χ4n) is 1.76. The van der Waals surface area contributed by atoms with Crippen molar-refractivity contribution in [3.63, 3.8) is 0 Å². The average Bonchev–Trinajstić information content (AvgIpc) is 2.08. The van der Waals surface area contributed by atoms with Crippen molar-refractivity contribution < 1.29 is 14.9 Å². The second-order valence-electron chi connectivity index (χ2n) is 3.63. The maximum atomic E-state index is 9.59. The van der Waals surface area contributed by atoms with Crippen molar-refractivity contribution in [1.29, 1.82) is 0 Å². The summed E-state index contributed by atoms with van der Waals surface area (Å²) in [6.07, 6.45) is -0.656. The van der Waals surface area contributed by atoms with E-state index in [-0.39, 0.29) is 18.1 Å². The van der Waals surface area contributed by atoms with E-state index < -0.39 is 12.2 Å². The third kappa shape index (κ3) is 1.63. The van der Waals surface area contributed by atoms with E-state index in [4.69, 9.17) is 4.74 Å². The second-order valence-corrected chi connectivity index (χ2v) is 3.63. The standard InChI is InChI=1S/C9H18O3/c1-4-7-5(2)8(10)9(11)6(3)12-7/h5-11H,4H2,1-3H3/t5-,6-,7-,8+,9-/m1/s1. The van der Waals surface area contributed by atoms with Crippen LogP contribution in [0.15, 0.2) is 0 Å². The van der Waals surface area contributed by atoms with Crippen LogP contribution in [0.2, 0.25) is 0 Å². The van der Waals surface area contributed by atoms with Crippen LogP contribution in [0, 0.1) is 5.92 Å². The van der Waals surface area contributed by atoms with E-state index in [1.165, 1.54) is 0 Å². The molecule has 0 spiro atoms. The first-order chi connectivity index (χ1) is 5.57. The first-order valence-corrected chi connectivity index (χ1v) is 4.59. The molecule has 1 heterocycles. The van der Waals surface area contributed by atoms with Crippen molar-refractivity contribution in [2.24, 2.45) is 5.92 Å². The van der Waals surface area contributed by atoms with Gasteiger partial charge >= 0.3 is 0 Å².